The first-order valence-electron chi connectivity index (χ1n) is 1.46. The molecule has 0 saturated carbocycles. The number of thioether (sulfide) groups is 1. The Labute approximate surface area is 49.9 Å². The predicted octanol–water partition coefficient (Wildman–Crippen LogP) is 1.94. The highest BCUT2D eigenvalue weighted by atomic mass is 79.9. The molecule has 0 aliphatic rings. The van der Waals surface area contributed by atoms with Crippen molar-refractivity contribution in [3.63, 3.8) is 0 Å². The summed E-state index contributed by atoms with van der Waals surface area (Å²) in [6.07, 6.45) is 0. The lowest BCUT2D eigenvalue weighted by molar-refractivity contribution is 1.46. The molecule has 0 aliphatic heterocycles. The predicted molar refractivity (Wildman–Crippen MR) is 31.6 cm³/mol. The van der Waals surface area contributed by atoms with Crippen molar-refractivity contribution in [1.29, 1.82) is 5.26 Å². The van der Waals surface area contributed by atoms with Crippen molar-refractivity contribution in [3.05, 3.63) is 0 Å². The molecule has 0 aromatic heterocycles. The molecule has 0 spiro atoms. The summed E-state index contributed by atoms with van der Waals surface area (Å²) in [5.74, 6) is 0. The standard InChI is InChI=1S/C3H4BrNS/c1-3(4)6-2-5/h3H,1H3. The van der Waals surface area contributed by atoms with E-state index in [-0.39, 0.29) is 4.16 Å². The van der Waals surface area contributed by atoms with Crippen LogP contribution in [0.1, 0.15) is 6.92 Å². The van der Waals surface area contributed by atoms with E-state index in [0.29, 0.717) is 0 Å². The summed E-state index contributed by atoms with van der Waals surface area (Å²) in [5.41, 5.74) is 0. The SMILES string of the molecule is CC(Br)SC#N. The topological polar surface area (TPSA) is 23.8 Å². The van der Waals surface area contributed by atoms with Crippen molar-refractivity contribution in [2.24, 2.45) is 0 Å². The summed E-state index contributed by atoms with van der Waals surface area (Å²) in [5, 5.41) is 9.86. The monoisotopic (exact) mass is 165 g/mol. The highest BCUT2D eigenvalue weighted by molar-refractivity contribution is 9.11. The molecule has 0 amide bonds. The highest BCUT2D eigenvalue weighted by Crippen LogP contribution is 2.12. The first-order valence-corrected chi connectivity index (χ1v) is 3.25. The zero-order chi connectivity index (χ0) is 4.99. The summed E-state index contributed by atoms with van der Waals surface area (Å²) >= 11 is 4.38. The number of nitriles is 1. The first kappa shape index (κ1) is 6.32. The molecule has 0 aliphatic carbocycles. The van der Waals surface area contributed by atoms with Gasteiger partial charge in [-0.1, -0.05) is 15.9 Å². The van der Waals surface area contributed by atoms with Crippen LogP contribution in [-0.4, -0.2) is 4.16 Å². The van der Waals surface area contributed by atoms with Crippen LogP contribution in [0.15, 0.2) is 0 Å². The minimum absolute atomic E-state index is 0.266. The van der Waals surface area contributed by atoms with Crippen LogP contribution >= 0.6 is 27.7 Å². The van der Waals surface area contributed by atoms with Crippen LogP contribution in [-0.2, 0) is 0 Å². The van der Waals surface area contributed by atoms with Crippen molar-refractivity contribution in [2.75, 3.05) is 0 Å². The fraction of sp³-hybridized carbons (Fsp3) is 0.667. The molecule has 0 aromatic carbocycles. The van der Waals surface area contributed by atoms with E-state index in [1.807, 2.05) is 12.3 Å². The summed E-state index contributed by atoms with van der Waals surface area (Å²) in [6.45, 7) is 1.91. The summed E-state index contributed by atoms with van der Waals surface area (Å²) in [7, 11) is 0. The molecule has 0 bridgehead atoms. The van der Waals surface area contributed by atoms with Crippen molar-refractivity contribution < 1.29 is 0 Å². The third kappa shape index (κ3) is 4.32. The molecule has 34 valence electrons. The van der Waals surface area contributed by atoms with Crippen LogP contribution in [0.4, 0.5) is 0 Å². The lowest BCUT2D eigenvalue weighted by atomic mass is 11.0. The molecule has 0 aromatic rings. The smallest absolute Gasteiger partial charge is 0.134 e. The second kappa shape index (κ2) is 3.51. The lowest BCUT2D eigenvalue weighted by Gasteiger charge is -1.85. The average Bonchev–Trinajstić information content (AvgIpc) is 1.35. The molecule has 0 fully saturated rings. The summed E-state index contributed by atoms with van der Waals surface area (Å²) in [6, 6.07) is 0. The van der Waals surface area contributed by atoms with Gasteiger partial charge in [-0.2, -0.15) is 5.26 Å². The van der Waals surface area contributed by atoms with Crippen molar-refractivity contribution in [2.45, 2.75) is 11.1 Å². The Bertz CT molecular complexity index is 65.7. The number of hydrogen-bond acceptors (Lipinski definition) is 2. The molecule has 3 heteroatoms. The number of thiocyanates is 1. The Hall–Kier alpha value is 0.320. The number of halogens is 1. The molecule has 0 N–H and O–H groups in total. The van der Waals surface area contributed by atoms with Crippen LogP contribution in [0.3, 0.4) is 0 Å². The van der Waals surface area contributed by atoms with Crippen LogP contribution in [0.2, 0.25) is 0 Å². The zero-order valence-corrected chi connectivity index (χ0v) is 5.71. The molecule has 1 nitrogen and oxygen atoms in total. The van der Waals surface area contributed by atoms with Crippen molar-refractivity contribution in [1.82, 2.24) is 0 Å². The van der Waals surface area contributed by atoms with Gasteiger partial charge < -0.3 is 0 Å². The van der Waals surface area contributed by atoms with Gasteiger partial charge in [0.15, 0.2) is 0 Å². The van der Waals surface area contributed by atoms with E-state index < -0.39 is 0 Å². The lowest BCUT2D eigenvalue weighted by Crippen LogP contribution is -1.72. The second-order valence-electron chi connectivity index (χ2n) is 0.752. The minimum Gasteiger partial charge on any atom is -0.185 e. The van der Waals surface area contributed by atoms with Gasteiger partial charge in [-0.05, 0) is 18.7 Å². The van der Waals surface area contributed by atoms with E-state index in [0.717, 1.165) is 0 Å². The number of rotatable bonds is 1. The zero-order valence-electron chi connectivity index (χ0n) is 3.31. The average molecular weight is 166 g/mol. The van der Waals surface area contributed by atoms with Gasteiger partial charge in [-0.25, -0.2) is 0 Å². The van der Waals surface area contributed by atoms with Gasteiger partial charge in [-0.15, -0.1) is 0 Å². The van der Waals surface area contributed by atoms with E-state index in [1.165, 1.54) is 11.8 Å². The van der Waals surface area contributed by atoms with E-state index in [4.69, 9.17) is 5.26 Å². The van der Waals surface area contributed by atoms with Gasteiger partial charge in [0.2, 0.25) is 0 Å². The van der Waals surface area contributed by atoms with Crippen molar-refractivity contribution in [3.8, 4) is 5.40 Å². The maximum Gasteiger partial charge on any atom is 0.134 e. The highest BCUT2D eigenvalue weighted by Gasteiger charge is 1.88. The molecule has 0 heterocycles. The van der Waals surface area contributed by atoms with Crippen LogP contribution in [0.25, 0.3) is 0 Å². The fourth-order valence-corrected chi connectivity index (χ4v) is 0.469. The van der Waals surface area contributed by atoms with E-state index in [9.17, 15) is 0 Å². The molecule has 1 unspecified atom stereocenters. The van der Waals surface area contributed by atoms with Gasteiger partial charge in [0.1, 0.15) is 5.40 Å². The summed E-state index contributed by atoms with van der Waals surface area (Å²) < 4.78 is 0.266. The largest absolute Gasteiger partial charge is 0.185 e. The summed E-state index contributed by atoms with van der Waals surface area (Å²) in [4.78, 5) is 0. The Morgan fingerprint density at radius 1 is 2.00 bits per heavy atom. The van der Waals surface area contributed by atoms with E-state index >= 15 is 0 Å². The fourth-order valence-electron chi connectivity index (χ4n) is 0.0726. The quantitative estimate of drug-likeness (QED) is 0.439. The Morgan fingerprint density at radius 2 is 2.50 bits per heavy atom. The molecule has 0 radical (unpaired) electrons. The van der Waals surface area contributed by atoms with Gasteiger partial charge in [0.25, 0.3) is 0 Å². The number of nitrogens with zero attached hydrogens (tertiary/aromatic N) is 1. The van der Waals surface area contributed by atoms with Crippen molar-refractivity contribution >= 4 is 27.7 Å². The Morgan fingerprint density at radius 3 is 2.50 bits per heavy atom. The van der Waals surface area contributed by atoms with Gasteiger partial charge in [-0.3, -0.25) is 0 Å². The Balaban J connectivity index is 2.88. The van der Waals surface area contributed by atoms with E-state index in [2.05, 4.69) is 15.9 Å². The third-order valence-corrected chi connectivity index (χ3v) is 1.21. The van der Waals surface area contributed by atoms with Gasteiger partial charge >= 0.3 is 0 Å². The van der Waals surface area contributed by atoms with Crippen LogP contribution in [0, 0.1) is 10.7 Å². The maximum absolute atomic E-state index is 7.92. The third-order valence-electron chi connectivity index (χ3n) is 0.215. The number of hydrogen-bond donors (Lipinski definition) is 0. The van der Waals surface area contributed by atoms with Crippen LogP contribution in [0.5, 0.6) is 0 Å². The van der Waals surface area contributed by atoms with Crippen LogP contribution < -0.4 is 0 Å². The van der Waals surface area contributed by atoms with E-state index in [1.54, 1.807) is 0 Å². The minimum atomic E-state index is 0.266. The van der Waals surface area contributed by atoms with Gasteiger partial charge in [0, 0.05) is 0 Å². The molecular weight excluding hydrogens is 162 g/mol. The number of alkyl halides is 1. The Kier molecular flexibility index (Phi) is 3.70. The second-order valence-corrected chi connectivity index (χ2v) is 3.86. The molecule has 6 heavy (non-hydrogen) atoms. The molecule has 0 saturated heterocycles. The maximum atomic E-state index is 7.92. The molecular formula is C3H4BrNS. The first-order chi connectivity index (χ1) is 2.77. The van der Waals surface area contributed by atoms with Gasteiger partial charge in [0.05, 0.1) is 4.16 Å². The molecule has 0 rings (SSSR count). The normalized spacial score (nSPS) is 12.8. The molecule has 1 atom stereocenters.